The van der Waals surface area contributed by atoms with Gasteiger partial charge in [0.1, 0.15) is 10.0 Å². The van der Waals surface area contributed by atoms with Crippen molar-refractivity contribution in [3.05, 3.63) is 10.0 Å². The molecule has 1 aromatic heterocycles. The van der Waals surface area contributed by atoms with Crippen molar-refractivity contribution in [1.29, 1.82) is 0 Å². The first kappa shape index (κ1) is 7.22. The van der Waals surface area contributed by atoms with Crippen LogP contribution in [-0.2, 0) is 6.42 Å². The van der Waals surface area contributed by atoms with Gasteiger partial charge in [-0.2, -0.15) is 0 Å². The molecule has 0 saturated heterocycles. The summed E-state index contributed by atoms with van der Waals surface area (Å²) < 4.78 is 0. The Hall–Kier alpha value is -0.440. The van der Waals surface area contributed by atoms with E-state index < -0.39 is 0 Å². The molecule has 1 saturated carbocycles. The van der Waals surface area contributed by atoms with Crippen molar-refractivity contribution < 1.29 is 0 Å². The van der Waals surface area contributed by atoms with E-state index in [1.54, 1.807) is 11.3 Å². The zero-order valence-electron chi connectivity index (χ0n) is 6.71. The highest BCUT2D eigenvalue weighted by molar-refractivity contribution is 7.11. The van der Waals surface area contributed by atoms with Gasteiger partial charge in [0.25, 0.3) is 0 Å². The third-order valence-corrected chi connectivity index (χ3v) is 3.47. The Kier molecular flexibility index (Phi) is 1.90. The minimum Gasteiger partial charge on any atom is -0.144 e. The van der Waals surface area contributed by atoms with Gasteiger partial charge in [0.15, 0.2) is 0 Å². The second kappa shape index (κ2) is 2.89. The maximum absolute atomic E-state index is 4.18. The van der Waals surface area contributed by atoms with E-state index in [1.165, 1.54) is 29.3 Å². The van der Waals surface area contributed by atoms with Crippen molar-refractivity contribution >= 4 is 11.3 Å². The SMILES string of the molecule is CCc1nnc(C2CCC2)s1. The van der Waals surface area contributed by atoms with Crippen LogP contribution in [0.4, 0.5) is 0 Å². The van der Waals surface area contributed by atoms with Crippen LogP contribution in [0.1, 0.15) is 42.1 Å². The van der Waals surface area contributed by atoms with E-state index in [1.807, 2.05) is 0 Å². The summed E-state index contributed by atoms with van der Waals surface area (Å²) in [6.45, 7) is 2.13. The number of aromatic nitrogens is 2. The molecule has 0 unspecified atom stereocenters. The molecule has 0 spiro atoms. The van der Waals surface area contributed by atoms with Gasteiger partial charge in [-0.3, -0.25) is 0 Å². The lowest BCUT2D eigenvalue weighted by Gasteiger charge is -2.21. The van der Waals surface area contributed by atoms with E-state index in [0.717, 1.165) is 12.3 Å². The summed E-state index contributed by atoms with van der Waals surface area (Å²) in [5, 5.41) is 10.7. The van der Waals surface area contributed by atoms with E-state index in [2.05, 4.69) is 17.1 Å². The molecule has 0 N–H and O–H groups in total. The van der Waals surface area contributed by atoms with Crippen LogP contribution in [-0.4, -0.2) is 10.2 Å². The average molecular weight is 168 g/mol. The number of hydrogen-bond acceptors (Lipinski definition) is 3. The van der Waals surface area contributed by atoms with Crippen LogP contribution in [0, 0.1) is 0 Å². The largest absolute Gasteiger partial charge is 0.144 e. The molecule has 0 aliphatic heterocycles. The highest BCUT2D eigenvalue weighted by Gasteiger charge is 2.22. The van der Waals surface area contributed by atoms with Gasteiger partial charge in [0, 0.05) is 5.92 Å². The molecule has 0 atom stereocenters. The molecular weight excluding hydrogens is 156 g/mol. The molecule has 1 aliphatic rings. The minimum absolute atomic E-state index is 0.757. The average Bonchev–Trinajstić information content (AvgIpc) is 2.32. The number of aryl methyl sites for hydroxylation is 1. The molecule has 3 heteroatoms. The molecule has 1 aromatic rings. The van der Waals surface area contributed by atoms with Crippen LogP contribution in [0.2, 0.25) is 0 Å². The molecule has 0 aromatic carbocycles. The van der Waals surface area contributed by atoms with Crippen LogP contribution >= 0.6 is 11.3 Å². The molecule has 0 amide bonds. The van der Waals surface area contributed by atoms with E-state index in [9.17, 15) is 0 Å². The van der Waals surface area contributed by atoms with Crippen molar-refractivity contribution in [3.63, 3.8) is 0 Å². The summed E-state index contributed by atoms with van der Waals surface area (Å²) >= 11 is 1.79. The fourth-order valence-electron chi connectivity index (χ4n) is 1.23. The Morgan fingerprint density at radius 1 is 1.45 bits per heavy atom. The summed E-state index contributed by atoms with van der Waals surface area (Å²) in [6.07, 6.45) is 5.08. The summed E-state index contributed by atoms with van der Waals surface area (Å²) in [4.78, 5) is 0. The van der Waals surface area contributed by atoms with Gasteiger partial charge >= 0.3 is 0 Å². The monoisotopic (exact) mass is 168 g/mol. The molecule has 1 fully saturated rings. The lowest BCUT2D eigenvalue weighted by Crippen LogP contribution is -2.07. The predicted molar refractivity (Wildman–Crippen MR) is 45.9 cm³/mol. The second-order valence-corrected chi connectivity index (χ2v) is 4.11. The lowest BCUT2D eigenvalue weighted by molar-refractivity contribution is 0.416. The van der Waals surface area contributed by atoms with Crippen LogP contribution < -0.4 is 0 Å². The molecule has 60 valence electrons. The van der Waals surface area contributed by atoms with Gasteiger partial charge in [0.05, 0.1) is 0 Å². The first-order valence-electron chi connectivity index (χ1n) is 4.22. The van der Waals surface area contributed by atoms with Crippen LogP contribution in [0.5, 0.6) is 0 Å². The molecular formula is C8H12N2S. The molecule has 2 nitrogen and oxygen atoms in total. The van der Waals surface area contributed by atoms with Gasteiger partial charge in [-0.05, 0) is 19.3 Å². The Morgan fingerprint density at radius 2 is 2.27 bits per heavy atom. The van der Waals surface area contributed by atoms with E-state index in [0.29, 0.717) is 0 Å². The summed E-state index contributed by atoms with van der Waals surface area (Å²) in [5.74, 6) is 0.757. The summed E-state index contributed by atoms with van der Waals surface area (Å²) in [7, 11) is 0. The summed E-state index contributed by atoms with van der Waals surface area (Å²) in [5.41, 5.74) is 0. The first-order chi connectivity index (χ1) is 5.40. The molecule has 11 heavy (non-hydrogen) atoms. The van der Waals surface area contributed by atoms with Crippen molar-refractivity contribution in [3.8, 4) is 0 Å². The zero-order valence-corrected chi connectivity index (χ0v) is 7.52. The quantitative estimate of drug-likeness (QED) is 0.677. The standard InChI is InChI=1S/C8H12N2S/c1-2-7-9-10-8(11-7)6-4-3-5-6/h6H,2-5H2,1H3. The van der Waals surface area contributed by atoms with E-state index in [4.69, 9.17) is 0 Å². The van der Waals surface area contributed by atoms with Gasteiger partial charge < -0.3 is 0 Å². The second-order valence-electron chi connectivity index (χ2n) is 3.02. The molecule has 0 radical (unpaired) electrons. The minimum atomic E-state index is 0.757. The van der Waals surface area contributed by atoms with Gasteiger partial charge in [-0.15, -0.1) is 21.5 Å². The van der Waals surface area contributed by atoms with Crippen molar-refractivity contribution in [2.24, 2.45) is 0 Å². The Labute approximate surface area is 70.7 Å². The summed E-state index contributed by atoms with van der Waals surface area (Å²) in [6, 6.07) is 0. The van der Waals surface area contributed by atoms with Gasteiger partial charge in [-0.1, -0.05) is 13.3 Å². The van der Waals surface area contributed by atoms with E-state index in [-0.39, 0.29) is 0 Å². The van der Waals surface area contributed by atoms with Crippen LogP contribution in [0.15, 0.2) is 0 Å². The Balaban J connectivity index is 2.11. The predicted octanol–water partition coefficient (Wildman–Crippen LogP) is 2.37. The van der Waals surface area contributed by atoms with Crippen LogP contribution in [0.25, 0.3) is 0 Å². The Bertz CT molecular complexity index is 240. The number of hydrogen-bond donors (Lipinski definition) is 0. The smallest absolute Gasteiger partial charge is 0.120 e. The number of nitrogens with zero attached hydrogens (tertiary/aromatic N) is 2. The van der Waals surface area contributed by atoms with Crippen molar-refractivity contribution in [2.45, 2.75) is 38.5 Å². The third-order valence-electron chi connectivity index (χ3n) is 2.24. The van der Waals surface area contributed by atoms with Crippen LogP contribution in [0.3, 0.4) is 0 Å². The maximum atomic E-state index is 4.18. The molecule has 1 heterocycles. The maximum Gasteiger partial charge on any atom is 0.120 e. The normalized spacial score (nSPS) is 18.3. The molecule has 2 rings (SSSR count). The van der Waals surface area contributed by atoms with Crippen molar-refractivity contribution in [1.82, 2.24) is 10.2 Å². The fourth-order valence-corrected chi connectivity index (χ4v) is 2.18. The number of rotatable bonds is 2. The molecule has 1 aliphatic carbocycles. The topological polar surface area (TPSA) is 25.8 Å². The van der Waals surface area contributed by atoms with E-state index >= 15 is 0 Å². The zero-order chi connectivity index (χ0) is 7.68. The Morgan fingerprint density at radius 3 is 2.73 bits per heavy atom. The highest BCUT2D eigenvalue weighted by Crippen LogP contribution is 2.37. The molecule has 0 bridgehead atoms. The first-order valence-corrected chi connectivity index (χ1v) is 5.04. The van der Waals surface area contributed by atoms with Gasteiger partial charge in [0.2, 0.25) is 0 Å². The van der Waals surface area contributed by atoms with Gasteiger partial charge in [-0.25, -0.2) is 0 Å². The third kappa shape index (κ3) is 1.29. The fraction of sp³-hybridized carbons (Fsp3) is 0.750. The lowest BCUT2D eigenvalue weighted by atomic mass is 9.86. The highest BCUT2D eigenvalue weighted by atomic mass is 32.1. The van der Waals surface area contributed by atoms with Crippen molar-refractivity contribution in [2.75, 3.05) is 0 Å².